The minimum Gasteiger partial charge on any atom is -0.389 e. The van der Waals surface area contributed by atoms with Crippen LogP contribution in [-0.4, -0.2) is 41.9 Å². The maximum Gasteiger partial charge on any atom is 0.152 e. The molecule has 0 spiro atoms. The van der Waals surface area contributed by atoms with E-state index in [1.807, 2.05) is 0 Å². The van der Waals surface area contributed by atoms with Crippen molar-refractivity contribution in [1.82, 2.24) is 20.9 Å². The fourth-order valence-corrected chi connectivity index (χ4v) is 7.43. The molecule has 0 radical (unpaired) electrons. The highest BCUT2D eigenvalue weighted by Gasteiger charge is 2.68. The number of nitrogens with one attached hydrogen (secondary N) is 3. The molecule has 2 aliphatic carbocycles. The summed E-state index contributed by atoms with van der Waals surface area (Å²) >= 11 is 0. The Hall–Kier alpha value is -1.91. The van der Waals surface area contributed by atoms with E-state index < -0.39 is 0 Å². The lowest BCUT2D eigenvalue weighted by Gasteiger charge is -2.47. The lowest BCUT2D eigenvalue weighted by atomic mass is 9.69. The molecular formula is C34H60N4O. The molecule has 2 saturated carbocycles. The van der Waals surface area contributed by atoms with Crippen molar-refractivity contribution < 1.29 is 4.79 Å². The highest BCUT2D eigenvalue weighted by atomic mass is 16.1. The number of likely N-dealkylation sites (tertiary alicyclic amines) is 1. The van der Waals surface area contributed by atoms with Crippen LogP contribution in [0.2, 0.25) is 0 Å². The molecule has 5 heteroatoms. The van der Waals surface area contributed by atoms with Gasteiger partial charge < -0.3 is 20.9 Å². The smallest absolute Gasteiger partial charge is 0.152 e. The average molecular weight is 541 g/mol. The van der Waals surface area contributed by atoms with E-state index in [9.17, 15) is 4.79 Å². The summed E-state index contributed by atoms with van der Waals surface area (Å²) in [5.74, 6) is 2.75. The summed E-state index contributed by atoms with van der Waals surface area (Å²) in [5, 5.41) is 11.1. The van der Waals surface area contributed by atoms with Crippen LogP contribution in [0.25, 0.3) is 0 Å². The zero-order valence-electron chi connectivity index (χ0n) is 26.8. The van der Waals surface area contributed by atoms with E-state index in [0.29, 0.717) is 17.8 Å². The number of allylic oxidation sites excluding steroid dienone is 1. The molecule has 0 aromatic rings. The van der Waals surface area contributed by atoms with Gasteiger partial charge in [0.15, 0.2) is 5.78 Å². The summed E-state index contributed by atoms with van der Waals surface area (Å²) in [6, 6.07) is 0.235. The van der Waals surface area contributed by atoms with Gasteiger partial charge in [-0.2, -0.15) is 0 Å². The molecule has 222 valence electrons. The number of hydrogen-bond acceptors (Lipinski definition) is 5. The second-order valence-electron chi connectivity index (χ2n) is 15.4. The normalized spacial score (nSPS) is 26.8. The van der Waals surface area contributed by atoms with E-state index >= 15 is 0 Å². The summed E-state index contributed by atoms with van der Waals surface area (Å²) < 4.78 is 0. The van der Waals surface area contributed by atoms with Crippen LogP contribution in [0.4, 0.5) is 0 Å². The maximum atomic E-state index is 12.9. The van der Waals surface area contributed by atoms with Crippen LogP contribution in [0.3, 0.4) is 0 Å². The Morgan fingerprint density at radius 3 is 2.18 bits per heavy atom. The minimum atomic E-state index is -0.0538. The minimum absolute atomic E-state index is 0.0450. The molecule has 3 fully saturated rings. The first-order valence-corrected chi connectivity index (χ1v) is 15.6. The number of fused-ring (bicyclic) bond motifs is 1. The Balaban J connectivity index is 1.75. The fraction of sp³-hybridized carbons (Fsp3) is 0.794. The van der Waals surface area contributed by atoms with Gasteiger partial charge in [0, 0.05) is 30.5 Å². The van der Waals surface area contributed by atoms with Gasteiger partial charge in [0.1, 0.15) is 0 Å². The van der Waals surface area contributed by atoms with Crippen LogP contribution >= 0.6 is 0 Å². The quantitative estimate of drug-likeness (QED) is 0.222. The molecular weight excluding hydrogens is 480 g/mol. The van der Waals surface area contributed by atoms with Gasteiger partial charge in [-0.15, -0.1) is 0 Å². The van der Waals surface area contributed by atoms with E-state index in [-0.39, 0.29) is 40.2 Å². The number of ketones is 1. The molecule has 3 rings (SSSR count). The third-order valence-corrected chi connectivity index (χ3v) is 10.2. The van der Waals surface area contributed by atoms with Crippen molar-refractivity contribution in [2.45, 2.75) is 125 Å². The molecule has 5 nitrogen and oxygen atoms in total. The number of piperidine rings is 1. The van der Waals surface area contributed by atoms with Crippen LogP contribution < -0.4 is 16.0 Å². The van der Waals surface area contributed by atoms with E-state index in [2.05, 4.69) is 89.4 Å². The SMILES string of the molecule is C=C(CCC(NC(=C)NC(C(=C)N1C[C@H]2[C@@H](C1C(C)=O)C2(C)C)C1(C)CCCCC1)C(C)(C)C)NCC(C)C. The van der Waals surface area contributed by atoms with Gasteiger partial charge in [-0.3, -0.25) is 4.79 Å². The molecule has 0 amide bonds. The summed E-state index contributed by atoms with van der Waals surface area (Å²) in [6.45, 7) is 35.5. The predicted octanol–water partition coefficient (Wildman–Crippen LogP) is 6.99. The molecule has 0 bridgehead atoms. The van der Waals surface area contributed by atoms with Gasteiger partial charge in [-0.25, -0.2) is 0 Å². The predicted molar refractivity (Wildman–Crippen MR) is 166 cm³/mol. The van der Waals surface area contributed by atoms with Crippen molar-refractivity contribution in [3.63, 3.8) is 0 Å². The average Bonchev–Trinajstić information content (AvgIpc) is 3.16. The Morgan fingerprint density at radius 1 is 1.03 bits per heavy atom. The molecule has 3 unspecified atom stereocenters. The van der Waals surface area contributed by atoms with Gasteiger partial charge in [0.05, 0.1) is 17.9 Å². The first kappa shape index (κ1) is 31.6. The molecule has 0 aromatic heterocycles. The lowest BCUT2D eigenvalue weighted by Crippen LogP contribution is -2.54. The third kappa shape index (κ3) is 7.24. The molecule has 39 heavy (non-hydrogen) atoms. The Kier molecular flexibility index (Phi) is 9.65. The van der Waals surface area contributed by atoms with Crippen molar-refractivity contribution >= 4 is 5.78 Å². The van der Waals surface area contributed by atoms with Crippen molar-refractivity contribution in [1.29, 1.82) is 0 Å². The molecule has 1 heterocycles. The topological polar surface area (TPSA) is 56.4 Å². The zero-order chi connectivity index (χ0) is 29.3. The number of nitrogens with zero attached hydrogens (tertiary/aromatic N) is 1. The van der Waals surface area contributed by atoms with Crippen molar-refractivity contribution in [3.8, 4) is 0 Å². The molecule has 3 aliphatic rings. The van der Waals surface area contributed by atoms with Crippen molar-refractivity contribution in [2.75, 3.05) is 13.1 Å². The van der Waals surface area contributed by atoms with Gasteiger partial charge in [-0.1, -0.05) is 94.4 Å². The van der Waals surface area contributed by atoms with Crippen molar-refractivity contribution in [2.24, 2.45) is 34.0 Å². The molecule has 5 atom stereocenters. The first-order chi connectivity index (χ1) is 18.0. The Labute approximate surface area is 240 Å². The monoisotopic (exact) mass is 540 g/mol. The first-order valence-electron chi connectivity index (χ1n) is 15.6. The number of rotatable bonds is 14. The van der Waals surface area contributed by atoms with Gasteiger partial charge >= 0.3 is 0 Å². The number of carbonyl (C=O) groups excluding carboxylic acids is 1. The number of carbonyl (C=O) groups is 1. The summed E-state index contributed by atoms with van der Waals surface area (Å²) in [7, 11) is 0. The standard InChI is InChI=1S/C34H60N4O/c1-22(2)20-35-23(3)16-17-28(32(7,8)9)36-26(6)37-31(34(12)18-14-13-15-19-34)24(4)38-21-27-29(33(27,10)11)30(38)25(5)39/h22,27-31,35-37H,3-4,6,13-21H2,1-2,5,7-12H3/t27-,28?,29-,30?,31?/m0/s1. The fourth-order valence-electron chi connectivity index (χ4n) is 7.43. The van der Waals surface area contributed by atoms with Crippen LogP contribution in [-0.2, 0) is 4.79 Å². The Morgan fingerprint density at radius 2 is 1.64 bits per heavy atom. The van der Waals surface area contributed by atoms with Crippen LogP contribution in [0.1, 0.15) is 107 Å². The molecule has 3 N–H and O–H groups in total. The highest BCUT2D eigenvalue weighted by Crippen LogP contribution is 2.65. The van der Waals surface area contributed by atoms with Crippen molar-refractivity contribution in [3.05, 3.63) is 37.0 Å². The zero-order valence-corrected chi connectivity index (χ0v) is 26.8. The largest absolute Gasteiger partial charge is 0.389 e. The van der Waals surface area contributed by atoms with Crippen LogP contribution in [0, 0.1) is 34.0 Å². The van der Waals surface area contributed by atoms with E-state index in [1.165, 1.54) is 19.3 Å². The Bertz CT molecular complexity index is 920. The second-order valence-corrected chi connectivity index (χ2v) is 15.4. The summed E-state index contributed by atoms with van der Waals surface area (Å²) in [6.07, 6.45) is 8.02. The number of Topliss-reactive ketones (excluding diaryl/α,β-unsaturated/α-hetero) is 1. The third-order valence-electron chi connectivity index (χ3n) is 10.2. The summed E-state index contributed by atoms with van der Waals surface area (Å²) in [4.78, 5) is 15.3. The van der Waals surface area contributed by atoms with E-state index in [1.54, 1.807) is 6.92 Å². The maximum absolute atomic E-state index is 12.9. The van der Waals surface area contributed by atoms with Crippen LogP contribution in [0.15, 0.2) is 37.0 Å². The van der Waals surface area contributed by atoms with Gasteiger partial charge in [0.25, 0.3) is 0 Å². The van der Waals surface area contributed by atoms with Gasteiger partial charge in [-0.05, 0) is 66.6 Å². The van der Waals surface area contributed by atoms with E-state index in [4.69, 9.17) is 6.58 Å². The van der Waals surface area contributed by atoms with E-state index in [0.717, 1.165) is 56.0 Å². The van der Waals surface area contributed by atoms with Gasteiger partial charge in [0.2, 0.25) is 0 Å². The molecule has 0 aromatic carbocycles. The van der Waals surface area contributed by atoms with Crippen LogP contribution in [0.5, 0.6) is 0 Å². The summed E-state index contributed by atoms with van der Waals surface area (Å²) in [5.41, 5.74) is 2.57. The lowest BCUT2D eigenvalue weighted by molar-refractivity contribution is -0.122. The second kappa shape index (κ2) is 11.9. The molecule has 1 aliphatic heterocycles. The number of hydrogen-bond donors (Lipinski definition) is 3. The highest BCUT2D eigenvalue weighted by molar-refractivity contribution is 5.83. The molecule has 1 saturated heterocycles.